The molecule has 1 N–H and O–H groups in total. The summed E-state index contributed by atoms with van der Waals surface area (Å²) in [7, 11) is -3.25. The highest BCUT2D eigenvalue weighted by molar-refractivity contribution is 7.90. The minimum Gasteiger partial charge on any atom is -0.359 e. The predicted octanol–water partition coefficient (Wildman–Crippen LogP) is 2.26. The molecule has 0 bridgehead atoms. The van der Waals surface area contributed by atoms with E-state index in [-0.39, 0.29) is 23.1 Å². The van der Waals surface area contributed by atoms with Crippen LogP contribution in [-0.2, 0) is 16.4 Å². The number of rotatable bonds is 5. The van der Waals surface area contributed by atoms with Gasteiger partial charge in [-0.25, -0.2) is 8.42 Å². The number of hydrogen-bond acceptors (Lipinski definition) is 6. The Morgan fingerprint density at radius 2 is 1.92 bits per heavy atom. The number of sulfone groups is 1. The third-order valence-corrected chi connectivity index (χ3v) is 4.62. The van der Waals surface area contributed by atoms with E-state index in [1.807, 2.05) is 0 Å². The van der Waals surface area contributed by atoms with Crippen LogP contribution in [0.3, 0.4) is 0 Å². The molecule has 9 heteroatoms. The van der Waals surface area contributed by atoms with Crippen molar-refractivity contribution >= 4 is 27.1 Å². The van der Waals surface area contributed by atoms with Gasteiger partial charge in [-0.2, -0.15) is 9.38 Å². The Morgan fingerprint density at radius 1 is 1.21 bits per heavy atom. The van der Waals surface area contributed by atoms with Crippen LogP contribution in [0.2, 0.25) is 0 Å². The number of benzene rings is 1. The summed E-state index contributed by atoms with van der Waals surface area (Å²) in [4.78, 5) is 15.3. The van der Waals surface area contributed by atoms with Gasteiger partial charge in [0.2, 0.25) is 11.5 Å². The Morgan fingerprint density at radius 3 is 2.54 bits per heavy atom. The molecule has 0 unspecified atom stereocenters. The van der Waals surface area contributed by atoms with Gasteiger partial charge in [-0.15, -0.1) is 0 Å². The van der Waals surface area contributed by atoms with Crippen molar-refractivity contribution in [2.75, 3.05) is 11.6 Å². The molecule has 0 atom stereocenters. The van der Waals surface area contributed by atoms with Crippen LogP contribution < -0.4 is 5.32 Å². The van der Waals surface area contributed by atoms with Crippen LogP contribution in [0.1, 0.15) is 5.56 Å². The van der Waals surface area contributed by atoms with E-state index in [1.54, 1.807) is 36.5 Å². The summed E-state index contributed by atoms with van der Waals surface area (Å²) in [5, 5.41) is 14.2. The average molecular weight is 346 g/mol. The summed E-state index contributed by atoms with van der Waals surface area (Å²) < 4.78 is 24.3. The number of anilines is 1. The maximum Gasteiger partial charge on any atom is 0.372 e. The van der Waals surface area contributed by atoms with Gasteiger partial charge < -0.3 is 15.4 Å². The molecule has 0 amide bonds. The number of nitrogens with one attached hydrogen (secondary N) is 1. The van der Waals surface area contributed by atoms with Crippen molar-refractivity contribution in [2.24, 2.45) is 0 Å². The third kappa shape index (κ3) is 3.06. The molecule has 0 saturated carbocycles. The normalized spacial score (nSPS) is 11.5. The summed E-state index contributed by atoms with van der Waals surface area (Å²) in [6.07, 6.45) is 2.72. The van der Waals surface area contributed by atoms with Gasteiger partial charge in [0.1, 0.15) is 0 Å². The van der Waals surface area contributed by atoms with Gasteiger partial charge in [0.15, 0.2) is 9.84 Å². The number of fused-ring (bicyclic) bond motifs is 1. The fraction of sp³-hybridized carbons (Fsp3) is 0.133. The highest BCUT2D eigenvalue weighted by atomic mass is 32.2. The van der Waals surface area contributed by atoms with Crippen LogP contribution in [0.4, 0.5) is 11.6 Å². The Kier molecular flexibility index (Phi) is 3.94. The SMILES string of the molecule is CS(=O)(=O)c1ccc(CNc2nc3ccccn3c2[N+](=O)[O-])cc1. The molecule has 1 aromatic carbocycles. The van der Waals surface area contributed by atoms with Gasteiger partial charge in [0.25, 0.3) is 0 Å². The monoisotopic (exact) mass is 346 g/mol. The minimum atomic E-state index is -3.25. The molecule has 0 saturated heterocycles. The van der Waals surface area contributed by atoms with E-state index in [1.165, 1.54) is 16.5 Å². The lowest BCUT2D eigenvalue weighted by Gasteiger charge is -2.05. The zero-order chi connectivity index (χ0) is 17.3. The third-order valence-electron chi connectivity index (χ3n) is 3.49. The topological polar surface area (TPSA) is 107 Å². The number of aromatic nitrogens is 2. The summed E-state index contributed by atoms with van der Waals surface area (Å²) in [6, 6.07) is 11.4. The predicted molar refractivity (Wildman–Crippen MR) is 88.7 cm³/mol. The van der Waals surface area contributed by atoms with Gasteiger partial charge >= 0.3 is 5.82 Å². The highest BCUT2D eigenvalue weighted by Gasteiger charge is 2.21. The molecule has 2 heterocycles. The van der Waals surface area contributed by atoms with Crippen molar-refractivity contribution in [3.05, 3.63) is 64.3 Å². The lowest BCUT2D eigenvalue weighted by atomic mass is 10.2. The fourth-order valence-electron chi connectivity index (χ4n) is 2.32. The van der Waals surface area contributed by atoms with E-state index in [0.29, 0.717) is 5.65 Å². The first-order valence-corrected chi connectivity index (χ1v) is 8.90. The van der Waals surface area contributed by atoms with Gasteiger partial charge in [-0.05, 0) is 28.7 Å². The minimum absolute atomic E-state index is 0.140. The molecule has 8 nitrogen and oxygen atoms in total. The molecule has 124 valence electrons. The lowest BCUT2D eigenvalue weighted by molar-refractivity contribution is -0.389. The first kappa shape index (κ1) is 15.9. The molecule has 0 fully saturated rings. The van der Waals surface area contributed by atoms with Gasteiger partial charge in [0, 0.05) is 18.9 Å². The van der Waals surface area contributed by atoms with Crippen LogP contribution in [0, 0.1) is 10.1 Å². The van der Waals surface area contributed by atoms with Crippen molar-refractivity contribution in [3.8, 4) is 0 Å². The second kappa shape index (κ2) is 5.93. The molecular weight excluding hydrogens is 332 g/mol. The standard InChI is InChI=1S/C15H14N4O4S/c1-24(22,23)12-7-5-11(6-8-12)10-16-14-15(19(20)21)18-9-3-2-4-13(18)17-14/h2-9,16H,10H2,1H3. The zero-order valence-corrected chi connectivity index (χ0v) is 13.5. The van der Waals surface area contributed by atoms with Gasteiger partial charge in [-0.1, -0.05) is 18.2 Å². The number of hydrogen-bond donors (Lipinski definition) is 1. The van der Waals surface area contributed by atoms with E-state index >= 15 is 0 Å². The van der Waals surface area contributed by atoms with Crippen molar-refractivity contribution in [1.82, 2.24) is 9.38 Å². The molecule has 0 aliphatic rings. The summed E-state index contributed by atoms with van der Waals surface area (Å²) in [5.74, 6) is 0.0248. The molecule has 3 rings (SSSR count). The Bertz CT molecular complexity index is 1010. The molecule has 24 heavy (non-hydrogen) atoms. The molecule has 3 aromatic rings. The number of imidazole rings is 1. The average Bonchev–Trinajstić information content (AvgIpc) is 2.91. The molecule has 0 spiro atoms. The molecule has 2 aromatic heterocycles. The Labute approximate surface area is 137 Å². The van der Waals surface area contributed by atoms with Crippen LogP contribution in [0.5, 0.6) is 0 Å². The van der Waals surface area contributed by atoms with Crippen molar-refractivity contribution in [1.29, 1.82) is 0 Å². The number of pyridine rings is 1. The smallest absolute Gasteiger partial charge is 0.359 e. The van der Waals surface area contributed by atoms with Crippen LogP contribution in [0.15, 0.2) is 53.6 Å². The largest absolute Gasteiger partial charge is 0.372 e. The zero-order valence-electron chi connectivity index (χ0n) is 12.7. The number of nitrogens with zero attached hydrogens (tertiary/aromatic N) is 3. The highest BCUT2D eigenvalue weighted by Crippen LogP contribution is 2.25. The van der Waals surface area contributed by atoms with E-state index < -0.39 is 14.8 Å². The van der Waals surface area contributed by atoms with E-state index in [0.717, 1.165) is 11.8 Å². The Balaban J connectivity index is 1.86. The van der Waals surface area contributed by atoms with Crippen LogP contribution in [-0.4, -0.2) is 29.0 Å². The van der Waals surface area contributed by atoms with Gasteiger partial charge in [-0.3, -0.25) is 0 Å². The summed E-state index contributed by atoms with van der Waals surface area (Å²) >= 11 is 0. The van der Waals surface area contributed by atoms with Crippen molar-refractivity contribution < 1.29 is 13.3 Å². The summed E-state index contributed by atoms with van der Waals surface area (Å²) in [6.45, 7) is 0.286. The molecule has 0 radical (unpaired) electrons. The summed E-state index contributed by atoms with van der Waals surface area (Å²) in [5.41, 5.74) is 1.26. The second-order valence-corrected chi connectivity index (χ2v) is 7.26. The quantitative estimate of drug-likeness (QED) is 0.561. The van der Waals surface area contributed by atoms with E-state index in [2.05, 4.69) is 10.3 Å². The maximum atomic E-state index is 11.4. The molecular formula is C15H14N4O4S. The van der Waals surface area contributed by atoms with Crippen molar-refractivity contribution in [3.63, 3.8) is 0 Å². The first-order valence-electron chi connectivity index (χ1n) is 7.00. The van der Waals surface area contributed by atoms with Gasteiger partial charge in [0.05, 0.1) is 11.1 Å². The van der Waals surface area contributed by atoms with E-state index in [9.17, 15) is 18.5 Å². The Hall–Kier alpha value is -2.94. The fourth-order valence-corrected chi connectivity index (χ4v) is 2.95. The lowest BCUT2D eigenvalue weighted by Crippen LogP contribution is -2.04. The second-order valence-electron chi connectivity index (χ2n) is 5.24. The molecule has 0 aliphatic heterocycles. The van der Waals surface area contributed by atoms with Crippen LogP contribution in [0.25, 0.3) is 5.65 Å². The van der Waals surface area contributed by atoms with Crippen LogP contribution >= 0.6 is 0 Å². The number of nitro groups is 1. The molecule has 0 aliphatic carbocycles. The van der Waals surface area contributed by atoms with E-state index in [4.69, 9.17) is 0 Å². The first-order chi connectivity index (χ1) is 11.4. The maximum absolute atomic E-state index is 11.4. The van der Waals surface area contributed by atoms with Crippen molar-refractivity contribution in [2.45, 2.75) is 11.4 Å².